The van der Waals surface area contributed by atoms with Crippen LogP contribution in [0.25, 0.3) is 0 Å². The number of nitrogens with zero attached hydrogens (tertiary/aromatic N) is 2. The Bertz CT molecular complexity index is 845. The smallest absolute Gasteiger partial charge is 0.338 e. The molecule has 0 aliphatic carbocycles. The van der Waals surface area contributed by atoms with Gasteiger partial charge in [0.2, 0.25) is 6.17 Å². The van der Waals surface area contributed by atoms with Gasteiger partial charge in [-0.2, -0.15) is 4.39 Å². The lowest BCUT2D eigenvalue weighted by atomic mass is 9.98. The van der Waals surface area contributed by atoms with Gasteiger partial charge in [-0.1, -0.05) is 0 Å². The van der Waals surface area contributed by atoms with E-state index < -0.39 is 60.3 Å². The number of aryl methyl sites for hydroxylation is 1. The van der Waals surface area contributed by atoms with Gasteiger partial charge in [0.25, 0.3) is 5.56 Å². The van der Waals surface area contributed by atoms with Crippen molar-refractivity contribution in [2.45, 2.75) is 58.8 Å². The molecule has 11 heteroatoms. The number of hydrogen-bond acceptors (Lipinski definition) is 7. The van der Waals surface area contributed by atoms with Crippen LogP contribution >= 0.6 is 0 Å². The predicted molar refractivity (Wildman–Crippen MR) is 87.2 cm³/mol. The quantitative estimate of drug-likeness (QED) is 0.665. The molecule has 1 aromatic heterocycles. The highest BCUT2D eigenvalue weighted by Crippen LogP contribution is 2.38. The predicted octanol–water partition coefficient (Wildman–Crippen LogP) is -0.465. The van der Waals surface area contributed by atoms with Crippen LogP contribution in [0.15, 0.2) is 15.8 Å². The summed E-state index contributed by atoms with van der Waals surface area (Å²) >= 11 is 0. The molecule has 2 N–H and O–H groups in total. The van der Waals surface area contributed by atoms with Gasteiger partial charge in [0, 0.05) is 11.8 Å². The molecule has 1 aliphatic heterocycles. The summed E-state index contributed by atoms with van der Waals surface area (Å²) in [4.78, 5) is 36.6. The summed E-state index contributed by atoms with van der Waals surface area (Å²) in [5, 5.41) is 18.7. The van der Waals surface area contributed by atoms with Gasteiger partial charge in [0.1, 0.15) is 12.2 Å². The summed E-state index contributed by atoms with van der Waals surface area (Å²) in [6.07, 6.45) is -5.58. The standard InChI is InChI=1S/C16H22F2N2O7/c1-8-5-20(16(18)11(17)10(22)9(6-21)27-16)14(25)19(12(8)23)7-26-13(24)15(2,3)4/h5,9-11,21-22H,6-7H2,1-4H3/t9-,10-,11?,16+/m1/s1. The summed E-state index contributed by atoms with van der Waals surface area (Å²) in [5.41, 5.74) is -3.28. The van der Waals surface area contributed by atoms with Crippen molar-refractivity contribution in [3.63, 3.8) is 0 Å². The fourth-order valence-electron chi connectivity index (χ4n) is 2.49. The Kier molecular flexibility index (Phi) is 5.60. The average Bonchev–Trinajstić information content (AvgIpc) is 2.81. The number of alkyl halides is 2. The highest BCUT2D eigenvalue weighted by molar-refractivity contribution is 5.75. The molecule has 1 saturated heterocycles. The molecule has 0 amide bonds. The van der Waals surface area contributed by atoms with Gasteiger partial charge in [0.05, 0.1) is 12.0 Å². The first-order valence-corrected chi connectivity index (χ1v) is 8.15. The van der Waals surface area contributed by atoms with E-state index in [1.165, 1.54) is 6.92 Å². The summed E-state index contributed by atoms with van der Waals surface area (Å²) in [6.45, 7) is 4.21. The van der Waals surface area contributed by atoms with Crippen LogP contribution in [0, 0.1) is 12.3 Å². The van der Waals surface area contributed by atoms with Gasteiger partial charge in [-0.3, -0.25) is 9.59 Å². The minimum atomic E-state index is -3.45. The molecule has 1 fully saturated rings. The van der Waals surface area contributed by atoms with E-state index in [0.717, 1.165) is 6.20 Å². The topological polar surface area (TPSA) is 120 Å². The zero-order chi connectivity index (χ0) is 20.7. The average molecular weight is 392 g/mol. The van der Waals surface area contributed by atoms with Crippen LogP contribution in [-0.2, 0) is 27.0 Å². The van der Waals surface area contributed by atoms with E-state index in [1.54, 1.807) is 20.8 Å². The maximum atomic E-state index is 15.1. The number of aromatic nitrogens is 2. The molecule has 152 valence electrons. The summed E-state index contributed by atoms with van der Waals surface area (Å²) in [6, 6.07) is 0. The number of aliphatic hydroxyl groups excluding tert-OH is 2. The molecule has 1 unspecified atom stereocenters. The van der Waals surface area contributed by atoms with Crippen molar-refractivity contribution in [1.82, 2.24) is 9.13 Å². The van der Waals surface area contributed by atoms with Crippen LogP contribution in [0.4, 0.5) is 8.78 Å². The molecule has 9 nitrogen and oxygen atoms in total. The van der Waals surface area contributed by atoms with Crippen molar-refractivity contribution in [1.29, 1.82) is 0 Å². The van der Waals surface area contributed by atoms with Gasteiger partial charge in [0.15, 0.2) is 6.73 Å². The highest BCUT2D eigenvalue weighted by atomic mass is 19.2. The van der Waals surface area contributed by atoms with Crippen molar-refractivity contribution in [2.24, 2.45) is 5.41 Å². The second kappa shape index (κ2) is 7.13. The van der Waals surface area contributed by atoms with E-state index in [0.29, 0.717) is 4.57 Å². The molecule has 1 aliphatic rings. The Morgan fingerprint density at radius 3 is 2.48 bits per heavy atom. The van der Waals surface area contributed by atoms with Gasteiger partial charge < -0.3 is 19.7 Å². The zero-order valence-electron chi connectivity index (χ0n) is 15.3. The Balaban J connectivity index is 2.49. The van der Waals surface area contributed by atoms with E-state index in [2.05, 4.69) is 0 Å². The first kappa shape index (κ1) is 21.2. The molecule has 0 aromatic carbocycles. The molecule has 0 radical (unpaired) electrons. The molecule has 0 spiro atoms. The van der Waals surface area contributed by atoms with Crippen LogP contribution in [0.2, 0.25) is 0 Å². The van der Waals surface area contributed by atoms with E-state index in [-0.39, 0.29) is 10.1 Å². The highest BCUT2D eigenvalue weighted by Gasteiger charge is 2.58. The lowest BCUT2D eigenvalue weighted by molar-refractivity contribution is -0.227. The number of carbonyl (C=O) groups is 1. The third kappa shape index (κ3) is 3.66. The van der Waals surface area contributed by atoms with Crippen molar-refractivity contribution >= 4 is 5.97 Å². The van der Waals surface area contributed by atoms with E-state index in [4.69, 9.17) is 14.6 Å². The fraction of sp³-hybridized carbons (Fsp3) is 0.688. The monoisotopic (exact) mass is 392 g/mol. The zero-order valence-corrected chi connectivity index (χ0v) is 15.3. The Morgan fingerprint density at radius 2 is 2.00 bits per heavy atom. The van der Waals surface area contributed by atoms with Crippen LogP contribution in [0.1, 0.15) is 26.3 Å². The minimum Gasteiger partial charge on any atom is -0.443 e. The van der Waals surface area contributed by atoms with Crippen LogP contribution in [0.5, 0.6) is 0 Å². The molecule has 27 heavy (non-hydrogen) atoms. The lowest BCUT2D eigenvalue weighted by Crippen LogP contribution is -2.51. The molecule has 2 heterocycles. The van der Waals surface area contributed by atoms with Crippen molar-refractivity contribution in [2.75, 3.05) is 6.61 Å². The third-order valence-electron chi connectivity index (χ3n) is 4.13. The second-order valence-electron chi connectivity index (χ2n) is 7.35. The van der Waals surface area contributed by atoms with Crippen molar-refractivity contribution < 1.29 is 33.3 Å². The number of halogens is 2. The van der Waals surface area contributed by atoms with Crippen molar-refractivity contribution in [3.8, 4) is 0 Å². The first-order chi connectivity index (χ1) is 12.3. The van der Waals surface area contributed by atoms with Gasteiger partial charge >= 0.3 is 17.6 Å². The molecular weight excluding hydrogens is 370 g/mol. The number of rotatable bonds is 4. The van der Waals surface area contributed by atoms with Gasteiger partial charge in [-0.05, 0) is 27.7 Å². The largest absolute Gasteiger partial charge is 0.443 e. The number of aliphatic hydroxyl groups is 2. The normalized spacial score (nSPS) is 28.4. The van der Waals surface area contributed by atoms with Crippen molar-refractivity contribution in [3.05, 3.63) is 32.6 Å². The van der Waals surface area contributed by atoms with Crippen LogP contribution in [-0.4, -0.2) is 50.3 Å². The fourth-order valence-corrected chi connectivity index (χ4v) is 2.49. The SMILES string of the molecule is Cc1cn([C@]2(F)O[C@H](CO)[C@@H](O)C2F)c(=O)n(COC(=O)C(C)(C)C)c1=O. The summed E-state index contributed by atoms with van der Waals surface area (Å²) in [7, 11) is 0. The van der Waals surface area contributed by atoms with Crippen LogP contribution < -0.4 is 11.2 Å². The van der Waals surface area contributed by atoms with E-state index >= 15 is 4.39 Å². The molecule has 0 saturated carbocycles. The summed E-state index contributed by atoms with van der Waals surface area (Å²) in [5.74, 6) is -4.16. The second-order valence-corrected chi connectivity index (χ2v) is 7.35. The Morgan fingerprint density at radius 1 is 1.41 bits per heavy atom. The van der Waals surface area contributed by atoms with E-state index in [9.17, 15) is 23.9 Å². The Labute approximate surface area is 152 Å². The lowest BCUT2D eigenvalue weighted by Gasteiger charge is -2.25. The number of esters is 1. The van der Waals surface area contributed by atoms with Gasteiger partial charge in [-0.25, -0.2) is 18.3 Å². The number of carbonyl (C=O) groups excluding carboxylic acids is 1. The molecule has 2 rings (SSSR count). The molecular formula is C16H22F2N2O7. The number of ether oxygens (including phenoxy) is 2. The van der Waals surface area contributed by atoms with E-state index in [1.807, 2.05) is 0 Å². The van der Waals surface area contributed by atoms with Crippen LogP contribution in [0.3, 0.4) is 0 Å². The molecule has 4 atom stereocenters. The molecule has 1 aromatic rings. The summed E-state index contributed by atoms with van der Waals surface area (Å²) < 4.78 is 39.7. The first-order valence-electron chi connectivity index (χ1n) is 8.15. The molecule has 0 bridgehead atoms. The maximum absolute atomic E-state index is 15.1. The maximum Gasteiger partial charge on any atom is 0.338 e. The number of hydrogen-bond donors (Lipinski definition) is 2. The third-order valence-corrected chi connectivity index (χ3v) is 4.13. The minimum absolute atomic E-state index is 0.156. The van der Waals surface area contributed by atoms with Gasteiger partial charge in [-0.15, -0.1) is 0 Å². The Hall–Kier alpha value is -2.11.